The van der Waals surface area contributed by atoms with Crippen LogP contribution < -0.4 is 5.32 Å². The van der Waals surface area contributed by atoms with Crippen LogP contribution in [0.4, 0.5) is 5.69 Å². The Kier molecular flexibility index (Phi) is 7.32. The van der Waals surface area contributed by atoms with Gasteiger partial charge in [0.2, 0.25) is 5.91 Å². The van der Waals surface area contributed by atoms with Crippen LogP contribution in [0.3, 0.4) is 0 Å². The van der Waals surface area contributed by atoms with Crippen molar-refractivity contribution >= 4 is 28.8 Å². The number of amides is 2. The summed E-state index contributed by atoms with van der Waals surface area (Å²) < 4.78 is 5.44. The summed E-state index contributed by atoms with van der Waals surface area (Å²) in [5.41, 5.74) is 2.55. The molecule has 2 aromatic carbocycles. The molecule has 0 radical (unpaired) electrons. The average Bonchev–Trinajstić information content (AvgIpc) is 3.36. The molecule has 0 bridgehead atoms. The molecule has 2 amide bonds. The van der Waals surface area contributed by atoms with Crippen molar-refractivity contribution in [2.75, 3.05) is 25.1 Å². The van der Waals surface area contributed by atoms with Crippen LogP contribution in [0, 0.1) is 0 Å². The molecule has 0 spiro atoms. The molecule has 2 heterocycles. The number of thiophene rings is 1. The van der Waals surface area contributed by atoms with E-state index in [-0.39, 0.29) is 25.0 Å². The molecule has 2 atom stereocenters. The maximum absolute atomic E-state index is 12.5. The van der Waals surface area contributed by atoms with E-state index in [9.17, 15) is 14.7 Å². The van der Waals surface area contributed by atoms with Gasteiger partial charge in [-0.25, -0.2) is 0 Å². The molecular weight excluding hydrogens is 424 g/mol. The predicted octanol–water partition coefficient (Wildman–Crippen LogP) is 3.89. The summed E-state index contributed by atoms with van der Waals surface area (Å²) in [7, 11) is 0. The van der Waals surface area contributed by atoms with E-state index in [1.807, 2.05) is 29.6 Å². The molecule has 166 valence electrons. The van der Waals surface area contributed by atoms with Crippen molar-refractivity contribution in [3.63, 3.8) is 0 Å². The van der Waals surface area contributed by atoms with Crippen molar-refractivity contribution in [3.8, 4) is 0 Å². The van der Waals surface area contributed by atoms with Crippen LogP contribution in [0.2, 0.25) is 0 Å². The molecule has 0 unspecified atom stereocenters. The maximum atomic E-state index is 12.5. The molecule has 1 aliphatic rings. The lowest BCUT2D eigenvalue weighted by atomic mass is 9.99. The van der Waals surface area contributed by atoms with Gasteiger partial charge in [-0.1, -0.05) is 48.5 Å². The number of anilines is 1. The number of aryl methyl sites for hydroxylation is 1. The second-order valence-electron chi connectivity index (χ2n) is 7.76. The number of aliphatic hydroxyl groups excluding tert-OH is 1. The number of nitrogens with zero attached hydrogens (tertiary/aromatic N) is 1. The molecule has 1 aliphatic heterocycles. The third kappa shape index (κ3) is 5.43. The Bertz CT molecular complexity index is 1020. The third-order valence-corrected chi connectivity index (χ3v) is 6.43. The first-order chi connectivity index (χ1) is 15.6. The highest BCUT2D eigenvalue weighted by Gasteiger charge is 2.34. The van der Waals surface area contributed by atoms with Crippen molar-refractivity contribution in [2.45, 2.75) is 25.0 Å². The number of carbonyl (C=O) groups excluding carboxylic acids is 2. The maximum Gasteiger partial charge on any atom is 0.265 e. The number of rotatable bonds is 8. The van der Waals surface area contributed by atoms with Gasteiger partial charge in [0.25, 0.3) is 5.91 Å². The Balaban J connectivity index is 1.38. The Morgan fingerprint density at radius 3 is 2.62 bits per heavy atom. The van der Waals surface area contributed by atoms with E-state index in [0.717, 1.165) is 12.8 Å². The highest BCUT2D eigenvalue weighted by molar-refractivity contribution is 7.12. The van der Waals surface area contributed by atoms with E-state index in [2.05, 4.69) is 17.4 Å². The fraction of sp³-hybridized carbons (Fsp3) is 0.280. The third-order valence-electron chi connectivity index (χ3n) is 5.56. The largest absolute Gasteiger partial charge is 0.386 e. The highest BCUT2D eigenvalue weighted by Crippen LogP contribution is 2.26. The fourth-order valence-corrected chi connectivity index (χ4v) is 4.48. The number of benzene rings is 2. The van der Waals surface area contributed by atoms with E-state index in [0.29, 0.717) is 22.7 Å². The van der Waals surface area contributed by atoms with Gasteiger partial charge in [0, 0.05) is 12.2 Å². The molecule has 0 aliphatic carbocycles. The van der Waals surface area contributed by atoms with Crippen LogP contribution in [0.25, 0.3) is 0 Å². The van der Waals surface area contributed by atoms with E-state index < -0.39 is 12.1 Å². The highest BCUT2D eigenvalue weighted by atomic mass is 32.1. The minimum absolute atomic E-state index is 0.0439. The zero-order chi connectivity index (χ0) is 22.3. The second kappa shape index (κ2) is 10.5. The molecule has 32 heavy (non-hydrogen) atoms. The minimum atomic E-state index is -0.877. The summed E-state index contributed by atoms with van der Waals surface area (Å²) in [6, 6.07) is 20.4. The first kappa shape index (κ1) is 22.2. The van der Waals surface area contributed by atoms with E-state index in [4.69, 9.17) is 4.74 Å². The molecule has 6 nitrogen and oxygen atoms in total. The number of nitrogens with one attached hydrogen (secondary N) is 1. The van der Waals surface area contributed by atoms with Gasteiger partial charge in [-0.05, 0) is 47.5 Å². The number of hydrogen-bond donors (Lipinski definition) is 2. The van der Waals surface area contributed by atoms with Crippen molar-refractivity contribution < 1.29 is 19.4 Å². The predicted molar refractivity (Wildman–Crippen MR) is 125 cm³/mol. The van der Waals surface area contributed by atoms with Crippen LogP contribution in [-0.4, -0.2) is 47.6 Å². The average molecular weight is 451 g/mol. The van der Waals surface area contributed by atoms with Crippen molar-refractivity contribution in [2.24, 2.45) is 0 Å². The van der Waals surface area contributed by atoms with Gasteiger partial charge in [0.15, 0.2) is 0 Å². The number of morpholine rings is 1. The summed E-state index contributed by atoms with van der Waals surface area (Å²) in [6.45, 7) is 0.894. The van der Waals surface area contributed by atoms with Crippen molar-refractivity contribution in [1.82, 2.24) is 4.90 Å². The molecule has 0 saturated carbocycles. The lowest BCUT2D eigenvalue weighted by Crippen LogP contribution is -2.52. The van der Waals surface area contributed by atoms with Gasteiger partial charge >= 0.3 is 0 Å². The Labute approximate surface area is 191 Å². The van der Waals surface area contributed by atoms with E-state index in [1.54, 1.807) is 35.2 Å². The molecule has 1 saturated heterocycles. The van der Waals surface area contributed by atoms with Crippen LogP contribution in [-0.2, 0) is 16.0 Å². The van der Waals surface area contributed by atoms with Crippen molar-refractivity contribution in [1.29, 1.82) is 0 Å². The van der Waals surface area contributed by atoms with Gasteiger partial charge in [-0.2, -0.15) is 0 Å². The number of hydrogen-bond acceptors (Lipinski definition) is 5. The van der Waals surface area contributed by atoms with E-state index >= 15 is 0 Å². The SMILES string of the molecule is O=C(Nc1ccc([C@@H](O)[C@H]2COCC(=O)N2CCCc2ccccc2)cc1)c1cccs1. The zero-order valence-corrected chi connectivity index (χ0v) is 18.5. The zero-order valence-electron chi connectivity index (χ0n) is 17.6. The minimum Gasteiger partial charge on any atom is -0.386 e. The van der Waals surface area contributed by atoms with Gasteiger partial charge < -0.3 is 20.1 Å². The first-order valence-electron chi connectivity index (χ1n) is 10.7. The number of ether oxygens (including phenoxy) is 1. The van der Waals surface area contributed by atoms with Crippen LogP contribution in [0.5, 0.6) is 0 Å². The molecule has 1 aromatic heterocycles. The van der Waals surface area contributed by atoms with Crippen LogP contribution in [0.15, 0.2) is 72.1 Å². The Hall–Kier alpha value is -3.00. The topological polar surface area (TPSA) is 78.9 Å². The summed E-state index contributed by atoms with van der Waals surface area (Å²) >= 11 is 1.38. The fourth-order valence-electron chi connectivity index (χ4n) is 3.86. The van der Waals surface area contributed by atoms with E-state index in [1.165, 1.54) is 16.9 Å². The number of carbonyl (C=O) groups is 2. The second-order valence-corrected chi connectivity index (χ2v) is 8.70. The molecule has 7 heteroatoms. The monoisotopic (exact) mass is 450 g/mol. The van der Waals surface area contributed by atoms with Gasteiger partial charge in [-0.3, -0.25) is 9.59 Å². The van der Waals surface area contributed by atoms with Gasteiger partial charge in [0.05, 0.1) is 17.5 Å². The smallest absolute Gasteiger partial charge is 0.265 e. The standard InChI is InChI=1S/C25H26N2O4S/c28-23-17-31-16-21(27(23)14-4-8-18-6-2-1-3-7-18)24(29)19-10-12-20(13-11-19)26-25(30)22-9-5-15-32-22/h1-3,5-7,9-13,15,21,24,29H,4,8,14,16-17H2,(H,26,30)/t21-,24-/m1/s1. The summed E-state index contributed by atoms with van der Waals surface area (Å²) in [4.78, 5) is 27.1. The van der Waals surface area contributed by atoms with Crippen LogP contribution >= 0.6 is 11.3 Å². The molecular formula is C25H26N2O4S. The summed E-state index contributed by atoms with van der Waals surface area (Å²) in [5, 5.41) is 15.7. The molecule has 2 N–H and O–H groups in total. The van der Waals surface area contributed by atoms with Gasteiger partial charge in [-0.15, -0.1) is 11.3 Å². The number of aliphatic hydroxyl groups is 1. The molecule has 3 aromatic rings. The first-order valence-corrected chi connectivity index (χ1v) is 11.5. The molecule has 4 rings (SSSR count). The normalized spacial score (nSPS) is 17.2. The lowest BCUT2D eigenvalue weighted by molar-refractivity contribution is -0.154. The Morgan fingerprint density at radius 1 is 1.12 bits per heavy atom. The van der Waals surface area contributed by atoms with Crippen molar-refractivity contribution in [3.05, 3.63) is 88.1 Å². The quantitative estimate of drug-likeness (QED) is 0.546. The lowest BCUT2D eigenvalue weighted by Gasteiger charge is -2.38. The molecule has 1 fully saturated rings. The van der Waals surface area contributed by atoms with Gasteiger partial charge in [0.1, 0.15) is 12.7 Å². The van der Waals surface area contributed by atoms with Crippen LogP contribution in [0.1, 0.15) is 33.3 Å². The summed E-state index contributed by atoms with van der Waals surface area (Å²) in [6.07, 6.45) is 0.803. The summed E-state index contributed by atoms with van der Waals surface area (Å²) in [5.74, 6) is -0.266. The Morgan fingerprint density at radius 2 is 1.91 bits per heavy atom.